The number of nitrogens with zero attached hydrogens (tertiary/aromatic N) is 4. The van der Waals surface area contributed by atoms with Gasteiger partial charge in [0.15, 0.2) is 0 Å². The highest BCUT2D eigenvalue weighted by Gasteiger charge is 2.12. The van der Waals surface area contributed by atoms with Crippen molar-refractivity contribution in [3.8, 4) is 22.5 Å². The van der Waals surface area contributed by atoms with E-state index in [9.17, 15) is 5.11 Å². The van der Waals surface area contributed by atoms with Crippen LogP contribution >= 0.6 is 11.3 Å². The van der Waals surface area contributed by atoms with E-state index in [0.717, 1.165) is 27.8 Å². The molecule has 0 atom stereocenters. The lowest BCUT2D eigenvalue weighted by Gasteiger charge is -2.05. The number of rotatable bonds is 3. The molecular formula is C18H20N4OS. The minimum absolute atomic E-state index is 0.734. The van der Waals surface area contributed by atoms with Crippen molar-refractivity contribution in [2.45, 2.75) is 32.9 Å². The summed E-state index contributed by atoms with van der Waals surface area (Å²) in [4.78, 5) is 6.46. The quantitative estimate of drug-likeness (QED) is 0.746. The van der Waals surface area contributed by atoms with E-state index in [1.807, 2.05) is 49.4 Å². The molecule has 0 radical (unpaired) electrons. The fourth-order valence-electron chi connectivity index (χ4n) is 2.39. The molecule has 3 aromatic rings. The van der Waals surface area contributed by atoms with Crippen LogP contribution in [0.1, 0.15) is 30.0 Å². The predicted octanol–water partition coefficient (Wildman–Crippen LogP) is 2.82. The van der Waals surface area contributed by atoms with Gasteiger partial charge in [0.25, 0.3) is 0 Å². The smallest absolute Gasteiger partial charge is 0.150 e. The second-order valence-electron chi connectivity index (χ2n) is 6.27. The largest absolute Gasteiger partial charge is 0.378 e. The lowest BCUT2D eigenvalue weighted by molar-refractivity contribution is 0.143. The van der Waals surface area contributed by atoms with Crippen LogP contribution in [0.5, 0.6) is 0 Å². The number of aromatic nitrogens is 4. The Hall–Kier alpha value is -2.36. The van der Waals surface area contributed by atoms with Crippen molar-refractivity contribution >= 4 is 11.3 Å². The number of aliphatic hydroxyl groups is 1. The second kappa shape index (κ2) is 6.27. The molecule has 0 spiro atoms. The molecule has 6 heteroatoms. The molecule has 5 nitrogen and oxygen atoms in total. The lowest BCUT2D eigenvalue weighted by Crippen LogP contribution is -2.14. The van der Waals surface area contributed by atoms with Crippen LogP contribution in [0.3, 0.4) is 0 Å². The first kappa shape index (κ1) is 16.5. The van der Waals surface area contributed by atoms with E-state index >= 15 is 0 Å². The summed E-state index contributed by atoms with van der Waals surface area (Å²) in [5, 5.41) is 14.1. The molecule has 0 amide bonds. The Morgan fingerprint density at radius 3 is 2.79 bits per heavy atom. The van der Waals surface area contributed by atoms with Crippen LogP contribution in [-0.4, -0.2) is 30.0 Å². The van der Waals surface area contributed by atoms with Gasteiger partial charge in [0.1, 0.15) is 11.4 Å². The third kappa shape index (κ3) is 3.75. The van der Waals surface area contributed by atoms with E-state index in [2.05, 4.69) is 26.5 Å². The average molecular weight is 340 g/mol. The van der Waals surface area contributed by atoms with Gasteiger partial charge in [-0.05, 0) is 32.9 Å². The molecule has 3 rings (SSSR count). The Labute approximate surface area is 145 Å². The summed E-state index contributed by atoms with van der Waals surface area (Å²) in [5.41, 5.74) is 1.22. The first-order valence-electron chi connectivity index (χ1n) is 7.68. The van der Waals surface area contributed by atoms with Crippen LogP contribution in [0, 0.1) is 18.8 Å². The van der Waals surface area contributed by atoms with Gasteiger partial charge in [-0.3, -0.25) is 4.68 Å². The molecular weight excluding hydrogens is 320 g/mol. The van der Waals surface area contributed by atoms with E-state index < -0.39 is 5.60 Å². The van der Waals surface area contributed by atoms with Crippen molar-refractivity contribution in [2.24, 2.45) is 7.05 Å². The van der Waals surface area contributed by atoms with E-state index in [-0.39, 0.29) is 0 Å². The fraction of sp³-hybridized carbons (Fsp3) is 0.333. The maximum atomic E-state index is 9.71. The number of imidazole rings is 1. The molecule has 0 aliphatic heterocycles. The topological polar surface area (TPSA) is 55.9 Å². The van der Waals surface area contributed by atoms with Gasteiger partial charge in [0.2, 0.25) is 0 Å². The molecule has 0 bridgehead atoms. The molecule has 0 saturated heterocycles. The number of hydrogen-bond donors (Lipinski definition) is 1. The Kier molecular flexibility index (Phi) is 4.31. The van der Waals surface area contributed by atoms with Crippen molar-refractivity contribution in [1.82, 2.24) is 19.3 Å². The molecule has 24 heavy (non-hydrogen) atoms. The summed E-state index contributed by atoms with van der Waals surface area (Å²) >= 11 is 1.58. The maximum Gasteiger partial charge on any atom is 0.150 e. The van der Waals surface area contributed by atoms with Crippen molar-refractivity contribution in [1.29, 1.82) is 0 Å². The van der Waals surface area contributed by atoms with Gasteiger partial charge in [-0.1, -0.05) is 11.8 Å². The predicted molar refractivity (Wildman–Crippen MR) is 95.8 cm³/mol. The molecule has 1 N–H and O–H groups in total. The first-order valence-corrected chi connectivity index (χ1v) is 8.49. The molecule has 3 heterocycles. The summed E-state index contributed by atoms with van der Waals surface area (Å²) in [6.07, 6.45) is 5.82. The van der Waals surface area contributed by atoms with E-state index in [1.165, 1.54) is 5.56 Å². The van der Waals surface area contributed by atoms with Crippen molar-refractivity contribution < 1.29 is 5.11 Å². The second-order valence-corrected chi connectivity index (χ2v) is 7.35. The maximum absolute atomic E-state index is 9.71. The highest BCUT2D eigenvalue weighted by molar-refractivity contribution is 7.15. The number of hydrogen-bond acceptors (Lipinski definition) is 4. The zero-order valence-corrected chi connectivity index (χ0v) is 15.1. The van der Waals surface area contributed by atoms with Gasteiger partial charge >= 0.3 is 0 Å². The van der Waals surface area contributed by atoms with Crippen LogP contribution in [-0.2, 0) is 13.6 Å². The minimum atomic E-state index is -0.986. The molecule has 0 saturated carbocycles. The normalized spacial score (nSPS) is 11.4. The molecule has 3 aromatic heterocycles. The van der Waals surface area contributed by atoms with Crippen LogP contribution in [0.15, 0.2) is 30.7 Å². The lowest BCUT2D eigenvalue weighted by atomic mass is 10.1. The van der Waals surface area contributed by atoms with Gasteiger partial charge < -0.3 is 9.67 Å². The Bertz CT molecular complexity index is 915. The molecule has 0 unspecified atom stereocenters. The monoisotopic (exact) mass is 340 g/mol. The van der Waals surface area contributed by atoms with Crippen molar-refractivity contribution in [2.75, 3.05) is 0 Å². The third-order valence-corrected chi connectivity index (χ3v) is 4.49. The van der Waals surface area contributed by atoms with Crippen LogP contribution in [0.2, 0.25) is 0 Å². The number of thiophene rings is 1. The van der Waals surface area contributed by atoms with Gasteiger partial charge in [-0.2, -0.15) is 5.10 Å². The summed E-state index contributed by atoms with van der Waals surface area (Å²) in [6.45, 7) is 6.11. The molecule has 0 aromatic carbocycles. The Balaban J connectivity index is 1.86. The molecule has 124 valence electrons. The van der Waals surface area contributed by atoms with E-state index in [4.69, 9.17) is 0 Å². The molecule has 0 fully saturated rings. The highest BCUT2D eigenvalue weighted by atomic mass is 32.1. The summed E-state index contributed by atoms with van der Waals surface area (Å²) < 4.78 is 3.94. The van der Waals surface area contributed by atoms with Gasteiger partial charge in [0, 0.05) is 31.2 Å². The number of aryl methyl sites for hydroxylation is 2. The van der Waals surface area contributed by atoms with Crippen LogP contribution in [0.4, 0.5) is 0 Å². The van der Waals surface area contributed by atoms with Crippen molar-refractivity contribution in [3.05, 3.63) is 46.9 Å². The van der Waals surface area contributed by atoms with Crippen molar-refractivity contribution in [3.63, 3.8) is 0 Å². The van der Waals surface area contributed by atoms with Gasteiger partial charge in [0.05, 0.1) is 22.0 Å². The summed E-state index contributed by atoms with van der Waals surface area (Å²) in [5.74, 6) is 6.77. The van der Waals surface area contributed by atoms with E-state index in [1.54, 1.807) is 25.2 Å². The minimum Gasteiger partial charge on any atom is -0.378 e. The van der Waals surface area contributed by atoms with Gasteiger partial charge in [-0.15, -0.1) is 11.3 Å². The molecule has 0 aliphatic rings. The SMILES string of the molecule is Cc1nn(C)cc1Cn1ccnc1-c1ccc(C#CC(C)(C)O)s1. The standard InChI is InChI=1S/C18H20N4OS/c1-13-14(11-21(4)20-13)12-22-10-9-19-17(22)16-6-5-15(24-16)7-8-18(2,3)23/h5-6,9-11,23H,12H2,1-4H3. The summed E-state index contributed by atoms with van der Waals surface area (Å²) in [6, 6.07) is 3.99. The first-order chi connectivity index (χ1) is 11.3. The zero-order chi connectivity index (χ0) is 17.3. The van der Waals surface area contributed by atoms with Crippen LogP contribution < -0.4 is 0 Å². The van der Waals surface area contributed by atoms with Crippen LogP contribution in [0.25, 0.3) is 10.7 Å². The van der Waals surface area contributed by atoms with Gasteiger partial charge in [-0.25, -0.2) is 4.98 Å². The Morgan fingerprint density at radius 2 is 2.12 bits per heavy atom. The fourth-order valence-corrected chi connectivity index (χ4v) is 3.26. The third-order valence-electron chi connectivity index (χ3n) is 3.49. The highest BCUT2D eigenvalue weighted by Crippen LogP contribution is 2.27. The average Bonchev–Trinajstić information content (AvgIpc) is 3.17. The molecule has 0 aliphatic carbocycles. The van der Waals surface area contributed by atoms with E-state index in [0.29, 0.717) is 0 Å². The summed E-state index contributed by atoms with van der Waals surface area (Å²) in [7, 11) is 1.93. The zero-order valence-electron chi connectivity index (χ0n) is 14.2. The Morgan fingerprint density at radius 1 is 1.33 bits per heavy atom.